The molecule has 0 fully saturated rings. The molecule has 0 unspecified atom stereocenters. The third-order valence-corrected chi connectivity index (χ3v) is 8.30. The van der Waals surface area contributed by atoms with Crippen LogP contribution in [0.1, 0.15) is 16.8 Å². The molecule has 4 heterocycles. The number of anilines is 4. The number of hydrogen-bond acceptors (Lipinski definition) is 11. The molecular formula is C26H32N6O5S. The normalized spacial score (nSPS) is 14.7. The van der Waals surface area contributed by atoms with E-state index >= 15 is 0 Å². The number of nitrogens with zero attached hydrogens (tertiary/aromatic N) is 4. The largest absolute Gasteiger partial charge is 0.474 e. The number of sulfone groups is 1. The number of benzene rings is 1. The fourth-order valence-corrected chi connectivity index (χ4v) is 5.63. The number of methoxy groups -OCH3 is 1. The quantitative estimate of drug-likeness (QED) is 0.368. The van der Waals surface area contributed by atoms with Gasteiger partial charge in [0.15, 0.2) is 9.84 Å². The topological polar surface area (TPSA) is 128 Å². The van der Waals surface area contributed by atoms with Gasteiger partial charge < -0.3 is 29.7 Å². The molecule has 0 saturated carbocycles. The molecule has 0 amide bonds. The van der Waals surface area contributed by atoms with Crippen molar-refractivity contribution in [3.63, 3.8) is 0 Å². The van der Waals surface area contributed by atoms with E-state index in [0.29, 0.717) is 43.9 Å². The second-order valence-electron chi connectivity index (χ2n) is 9.13. The van der Waals surface area contributed by atoms with Gasteiger partial charge in [0.05, 0.1) is 54.6 Å². The lowest BCUT2D eigenvalue weighted by Gasteiger charge is -2.32. The first-order chi connectivity index (χ1) is 18.4. The number of nitrogens with one attached hydrogen (secondary N) is 2. The van der Waals surface area contributed by atoms with Crippen LogP contribution in [0.5, 0.6) is 5.88 Å². The molecule has 202 valence electrons. The van der Waals surface area contributed by atoms with Gasteiger partial charge in [-0.2, -0.15) is 0 Å². The minimum absolute atomic E-state index is 0.0871. The summed E-state index contributed by atoms with van der Waals surface area (Å²) in [5, 5.41) is 6.59. The minimum Gasteiger partial charge on any atom is -0.474 e. The molecule has 0 atom stereocenters. The third kappa shape index (κ3) is 5.82. The monoisotopic (exact) mass is 540 g/mol. The van der Waals surface area contributed by atoms with E-state index < -0.39 is 9.84 Å². The molecule has 3 aromatic rings. The maximum Gasteiger partial charge on any atom is 0.237 e. The summed E-state index contributed by atoms with van der Waals surface area (Å²) in [6.45, 7) is 5.86. The molecule has 2 aromatic heterocycles. The van der Waals surface area contributed by atoms with Crippen LogP contribution >= 0.6 is 0 Å². The minimum atomic E-state index is -3.44. The van der Waals surface area contributed by atoms with Crippen LogP contribution in [0.3, 0.4) is 0 Å². The first kappa shape index (κ1) is 26.1. The van der Waals surface area contributed by atoms with E-state index in [1.807, 2.05) is 12.4 Å². The summed E-state index contributed by atoms with van der Waals surface area (Å²) in [6.07, 6.45) is 4.56. The highest BCUT2D eigenvalue weighted by atomic mass is 32.2. The fraction of sp³-hybridized carbons (Fsp3) is 0.423. The van der Waals surface area contributed by atoms with E-state index in [1.165, 1.54) is 0 Å². The van der Waals surface area contributed by atoms with Gasteiger partial charge in [0.1, 0.15) is 12.3 Å². The molecule has 2 N–H and O–H groups in total. The Bertz CT molecular complexity index is 1380. The van der Waals surface area contributed by atoms with Crippen LogP contribution in [-0.2, 0) is 32.3 Å². The fourth-order valence-electron chi connectivity index (χ4n) is 4.50. The predicted molar refractivity (Wildman–Crippen MR) is 144 cm³/mol. The van der Waals surface area contributed by atoms with Crippen molar-refractivity contribution < 1.29 is 22.6 Å². The molecular weight excluding hydrogens is 508 g/mol. The van der Waals surface area contributed by atoms with E-state index in [1.54, 1.807) is 31.4 Å². The summed E-state index contributed by atoms with van der Waals surface area (Å²) in [5.74, 6) is 1.03. The summed E-state index contributed by atoms with van der Waals surface area (Å²) in [6, 6.07) is 6.59. The Hall–Kier alpha value is -3.48. The van der Waals surface area contributed by atoms with Crippen LogP contribution in [0.2, 0.25) is 0 Å². The maximum atomic E-state index is 12.6. The Kier molecular flexibility index (Phi) is 7.91. The van der Waals surface area contributed by atoms with Crippen LogP contribution in [-0.4, -0.2) is 75.7 Å². The van der Waals surface area contributed by atoms with Crippen LogP contribution < -0.4 is 20.3 Å². The van der Waals surface area contributed by atoms with Crippen LogP contribution in [0.4, 0.5) is 23.0 Å². The highest BCUT2D eigenvalue weighted by Crippen LogP contribution is 2.36. The van der Waals surface area contributed by atoms with Crippen molar-refractivity contribution in [3.8, 4) is 5.88 Å². The van der Waals surface area contributed by atoms with Gasteiger partial charge in [0, 0.05) is 37.6 Å². The van der Waals surface area contributed by atoms with Gasteiger partial charge in [-0.3, -0.25) is 0 Å². The zero-order chi connectivity index (χ0) is 26.5. The molecule has 0 aliphatic carbocycles. The molecule has 12 heteroatoms. The first-order valence-electron chi connectivity index (χ1n) is 12.6. The number of hydrogen-bond donors (Lipinski definition) is 2. The molecule has 1 aromatic carbocycles. The summed E-state index contributed by atoms with van der Waals surface area (Å²) < 4.78 is 41.0. The van der Waals surface area contributed by atoms with E-state index in [-0.39, 0.29) is 17.3 Å². The zero-order valence-corrected chi connectivity index (χ0v) is 22.4. The Morgan fingerprint density at radius 2 is 1.97 bits per heavy atom. The van der Waals surface area contributed by atoms with Crippen molar-refractivity contribution in [2.24, 2.45) is 0 Å². The number of rotatable bonds is 10. The molecule has 0 saturated heterocycles. The highest BCUT2D eigenvalue weighted by molar-refractivity contribution is 7.91. The van der Waals surface area contributed by atoms with Crippen molar-refractivity contribution in [2.75, 3.05) is 67.9 Å². The van der Waals surface area contributed by atoms with Crippen LogP contribution in [0, 0.1) is 6.92 Å². The Morgan fingerprint density at radius 3 is 2.79 bits per heavy atom. The molecule has 38 heavy (non-hydrogen) atoms. The summed E-state index contributed by atoms with van der Waals surface area (Å²) in [5.41, 5.74) is 5.89. The lowest BCUT2D eigenvalue weighted by Crippen LogP contribution is -2.32. The van der Waals surface area contributed by atoms with Gasteiger partial charge in [0.2, 0.25) is 11.8 Å². The summed E-state index contributed by atoms with van der Waals surface area (Å²) in [7, 11) is -1.87. The standard InChI is InChI=1S/C26H32N6O5S/c1-18-23(16-28-25-24(18)27-8-10-37-25)32-9-7-19-15-29-26(31-22(19)17-32)30-20-3-5-21(6-4-20)38(33,34)14-13-36-12-11-35-2/h3-6,15-16,27H,7-14,17H2,1-2H3,(H,29,30,31). The van der Waals surface area contributed by atoms with E-state index in [9.17, 15) is 8.42 Å². The third-order valence-electron chi connectivity index (χ3n) is 6.60. The second-order valence-corrected chi connectivity index (χ2v) is 11.2. The van der Waals surface area contributed by atoms with Crippen molar-refractivity contribution in [3.05, 3.63) is 53.5 Å². The molecule has 0 spiro atoms. The first-order valence-corrected chi connectivity index (χ1v) is 14.2. The van der Waals surface area contributed by atoms with Gasteiger partial charge >= 0.3 is 0 Å². The van der Waals surface area contributed by atoms with E-state index in [2.05, 4.69) is 32.4 Å². The number of aromatic nitrogens is 3. The van der Waals surface area contributed by atoms with E-state index in [4.69, 9.17) is 19.2 Å². The van der Waals surface area contributed by atoms with Gasteiger partial charge in [-0.1, -0.05) is 0 Å². The van der Waals surface area contributed by atoms with Gasteiger partial charge in [-0.15, -0.1) is 0 Å². The van der Waals surface area contributed by atoms with Crippen LogP contribution in [0.15, 0.2) is 41.6 Å². The van der Waals surface area contributed by atoms with Gasteiger partial charge in [-0.05, 0) is 43.2 Å². The van der Waals surface area contributed by atoms with Crippen molar-refractivity contribution in [2.45, 2.75) is 24.8 Å². The zero-order valence-electron chi connectivity index (χ0n) is 21.6. The lowest BCUT2D eigenvalue weighted by atomic mass is 10.0. The maximum absolute atomic E-state index is 12.6. The second kappa shape index (κ2) is 11.5. The van der Waals surface area contributed by atoms with Gasteiger partial charge in [-0.25, -0.2) is 23.4 Å². The van der Waals surface area contributed by atoms with Crippen molar-refractivity contribution in [1.82, 2.24) is 15.0 Å². The Labute approximate surface area is 222 Å². The smallest absolute Gasteiger partial charge is 0.237 e. The number of pyridine rings is 1. The molecule has 5 rings (SSSR count). The lowest BCUT2D eigenvalue weighted by molar-refractivity contribution is 0.0785. The molecule has 0 bridgehead atoms. The molecule has 2 aliphatic heterocycles. The van der Waals surface area contributed by atoms with Crippen LogP contribution in [0.25, 0.3) is 0 Å². The Morgan fingerprint density at radius 1 is 1.13 bits per heavy atom. The van der Waals surface area contributed by atoms with Crippen molar-refractivity contribution in [1.29, 1.82) is 0 Å². The molecule has 2 aliphatic rings. The summed E-state index contributed by atoms with van der Waals surface area (Å²) in [4.78, 5) is 16.3. The van der Waals surface area contributed by atoms with Crippen molar-refractivity contribution >= 4 is 32.8 Å². The van der Waals surface area contributed by atoms with E-state index in [0.717, 1.165) is 47.7 Å². The SMILES string of the molecule is COCCOCCS(=O)(=O)c1ccc(Nc2ncc3c(n2)CN(c2cnc4c(c2C)NCCO4)CC3)cc1. The average molecular weight is 541 g/mol. The van der Waals surface area contributed by atoms with Gasteiger partial charge in [0.25, 0.3) is 0 Å². The summed E-state index contributed by atoms with van der Waals surface area (Å²) >= 11 is 0. The molecule has 0 radical (unpaired) electrons. The predicted octanol–water partition coefficient (Wildman–Crippen LogP) is 2.73. The Balaban J connectivity index is 1.25. The highest BCUT2D eigenvalue weighted by Gasteiger charge is 2.24. The molecule has 11 nitrogen and oxygen atoms in total. The number of fused-ring (bicyclic) bond motifs is 2. The number of ether oxygens (including phenoxy) is 3. The average Bonchev–Trinajstić information content (AvgIpc) is 2.93.